The molecule has 1 aliphatic heterocycles. The molecule has 1 aliphatic rings. The second-order valence-corrected chi connectivity index (χ2v) is 7.01. The number of aromatic nitrogens is 1. The molecule has 0 spiro atoms. The van der Waals surface area contributed by atoms with Crippen LogP contribution in [0.5, 0.6) is 0 Å². The molecule has 1 fully saturated rings. The van der Waals surface area contributed by atoms with Gasteiger partial charge in [-0.15, -0.1) is 11.3 Å². The molecule has 1 amide bonds. The van der Waals surface area contributed by atoms with E-state index in [1.165, 1.54) is 0 Å². The topological polar surface area (TPSA) is 45.7 Å². The van der Waals surface area contributed by atoms with Crippen molar-refractivity contribution in [1.82, 2.24) is 14.8 Å². The van der Waals surface area contributed by atoms with Crippen LogP contribution in [0.2, 0.25) is 0 Å². The van der Waals surface area contributed by atoms with Crippen molar-refractivity contribution in [2.45, 2.75) is 39.3 Å². The number of ether oxygens (including phenoxy) is 1. The maximum absolute atomic E-state index is 12.6. The first-order chi connectivity index (χ1) is 10.6. The van der Waals surface area contributed by atoms with Crippen molar-refractivity contribution in [3.63, 3.8) is 0 Å². The molecular formula is C16H27N3O2S. The first kappa shape index (κ1) is 17.4. The van der Waals surface area contributed by atoms with Crippen molar-refractivity contribution in [2.75, 3.05) is 33.3 Å². The summed E-state index contributed by atoms with van der Waals surface area (Å²) < 4.78 is 5.42. The summed E-state index contributed by atoms with van der Waals surface area (Å²) in [5, 5.41) is 2.09. The van der Waals surface area contributed by atoms with Crippen LogP contribution in [-0.4, -0.2) is 60.1 Å². The maximum Gasteiger partial charge on any atom is 0.251 e. The van der Waals surface area contributed by atoms with Gasteiger partial charge < -0.3 is 9.64 Å². The monoisotopic (exact) mass is 325 g/mol. The van der Waals surface area contributed by atoms with Gasteiger partial charge >= 0.3 is 0 Å². The number of methoxy groups -OCH3 is 1. The molecule has 124 valence electrons. The van der Waals surface area contributed by atoms with Crippen molar-refractivity contribution in [2.24, 2.45) is 5.92 Å². The number of hydrogen-bond acceptors (Lipinski definition) is 5. The van der Waals surface area contributed by atoms with Crippen LogP contribution in [0, 0.1) is 5.92 Å². The molecule has 1 aromatic rings. The highest BCUT2D eigenvalue weighted by atomic mass is 32.1. The average Bonchev–Trinajstić information content (AvgIpc) is 2.88. The summed E-state index contributed by atoms with van der Waals surface area (Å²) in [6, 6.07) is 0. The van der Waals surface area contributed by atoms with E-state index < -0.39 is 0 Å². The molecule has 1 aromatic heterocycles. The third-order valence-corrected chi connectivity index (χ3v) is 4.65. The predicted octanol–water partition coefficient (Wildman–Crippen LogP) is 2.24. The van der Waals surface area contributed by atoms with E-state index in [0.717, 1.165) is 51.3 Å². The third-order valence-electron chi connectivity index (χ3n) is 4.01. The zero-order valence-corrected chi connectivity index (χ0v) is 14.6. The number of thiazole rings is 1. The summed E-state index contributed by atoms with van der Waals surface area (Å²) in [6.45, 7) is 8.65. The molecule has 0 bridgehead atoms. The predicted molar refractivity (Wildman–Crippen MR) is 88.8 cm³/mol. The van der Waals surface area contributed by atoms with E-state index in [0.29, 0.717) is 5.92 Å². The maximum atomic E-state index is 12.6. The van der Waals surface area contributed by atoms with Gasteiger partial charge in [0, 0.05) is 45.2 Å². The summed E-state index contributed by atoms with van der Waals surface area (Å²) in [4.78, 5) is 21.3. The molecule has 1 atom stereocenters. The fourth-order valence-corrected chi connectivity index (χ4v) is 3.37. The molecular weight excluding hydrogens is 298 g/mol. The molecule has 1 saturated heterocycles. The van der Waals surface area contributed by atoms with Crippen LogP contribution in [0.3, 0.4) is 0 Å². The third kappa shape index (κ3) is 5.04. The van der Waals surface area contributed by atoms with Crippen molar-refractivity contribution in [3.8, 4) is 0 Å². The zero-order valence-electron chi connectivity index (χ0n) is 13.8. The van der Waals surface area contributed by atoms with Crippen LogP contribution < -0.4 is 0 Å². The summed E-state index contributed by atoms with van der Waals surface area (Å²) in [6.07, 6.45) is 1.49. The van der Waals surface area contributed by atoms with Crippen molar-refractivity contribution in [3.05, 3.63) is 16.6 Å². The van der Waals surface area contributed by atoms with Gasteiger partial charge in [-0.1, -0.05) is 13.8 Å². The average molecular weight is 325 g/mol. The summed E-state index contributed by atoms with van der Waals surface area (Å²) in [5.41, 5.74) is 3.00. The Kier molecular flexibility index (Phi) is 6.79. The van der Waals surface area contributed by atoms with E-state index in [9.17, 15) is 4.79 Å². The van der Waals surface area contributed by atoms with Crippen LogP contribution in [0.4, 0.5) is 0 Å². The first-order valence-corrected chi connectivity index (χ1v) is 8.95. The number of hydrogen-bond donors (Lipinski definition) is 0. The van der Waals surface area contributed by atoms with Gasteiger partial charge in [0.25, 0.3) is 5.91 Å². The van der Waals surface area contributed by atoms with E-state index >= 15 is 0 Å². The SMILES string of the molecule is COC(CC(C)C)C(=O)N1CCCN(Cc2cscn2)CC1. The summed E-state index contributed by atoms with van der Waals surface area (Å²) >= 11 is 1.63. The van der Waals surface area contributed by atoms with Crippen molar-refractivity contribution in [1.29, 1.82) is 0 Å². The summed E-state index contributed by atoms with van der Waals surface area (Å²) in [5.74, 6) is 0.605. The lowest BCUT2D eigenvalue weighted by atomic mass is 10.0. The Labute approximate surface area is 137 Å². The molecule has 0 aromatic carbocycles. The zero-order chi connectivity index (χ0) is 15.9. The van der Waals surface area contributed by atoms with Crippen LogP contribution in [0.1, 0.15) is 32.4 Å². The molecule has 0 N–H and O–H groups in total. The number of rotatable bonds is 6. The second kappa shape index (κ2) is 8.60. The van der Waals surface area contributed by atoms with Gasteiger partial charge in [0.2, 0.25) is 0 Å². The van der Waals surface area contributed by atoms with E-state index in [1.54, 1.807) is 18.4 Å². The van der Waals surface area contributed by atoms with E-state index in [-0.39, 0.29) is 12.0 Å². The first-order valence-electron chi connectivity index (χ1n) is 8.01. The molecule has 2 heterocycles. The Morgan fingerprint density at radius 1 is 1.36 bits per heavy atom. The fraction of sp³-hybridized carbons (Fsp3) is 0.750. The lowest BCUT2D eigenvalue weighted by molar-refractivity contribution is -0.142. The highest BCUT2D eigenvalue weighted by Gasteiger charge is 2.26. The molecule has 22 heavy (non-hydrogen) atoms. The Hall–Kier alpha value is -0.980. The normalized spacial score (nSPS) is 18.5. The largest absolute Gasteiger partial charge is 0.372 e. The van der Waals surface area contributed by atoms with Gasteiger partial charge in [0.15, 0.2) is 0 Å². The smallest absolute Gasteiger partial charge is 0.251 e. The minimum absolute atomic E-state index is 0.145. The van der Waals surface area contributed by atoms with Gasteiger partial charge in [-0.2, -0.15) is 0 Å². The van der Waals surface area contributed by atoms with Crippen LogP contribution in [0.15, 0.2) is 10.9 Å². The molecule has 0 aliphatic carbocycles. The van der Waals surface area contributed by atoms with Crippen LogP contribution in [-0.2, 0) is 16.1 Å². The van der Waals surface area contributed by atoms with E-state index in [4.69, 9.17) is 4.74 Å². The molecule has 1 unspecified atom stereocenters. The van der Waals surface area contributed by atoms with Gasteiger partial charge in [0.1, 0.15) is 6.10 Å². The van der Waals surface area contributed by atoms with Gasteiger partial charge in [-0.25, -0.2) is 4.98 Å². The van der Waals surface area contributed by atoms with Gasteiger partial charge in [-0.3, -0.25) is 9.69 Å². The quantitative estimate of drug-likeness (QED) is 0.805. The van der Waals surface area contributed by atoms with Crippen LogP contribution >= 0.6 is 11.3 Å². The number of nitrogens with zero attached hydrogens (tertiary/aromatic N) is 3. The Morgan fingerprint density at radius 3 is 2.82 bits per heavy atom. The van der Waals surface area contributed by atoms with E-state index in [2.05, 4.69) is 29.1 Å². The standard InChI is InChI=1S/C16H27N3O2S/c1-13(2)9-15(21-3)16(20)19-6-4-5-18(7-8-19)10-14-11-22-12-17-14/h11-13,15H,4-10H2,1-3H3. The lowest BCUT2D eigenvalue weighted by Crippen LogP contribution is -2.42. The summed E-state index contributed by atoms with van der Waals surface area (Å²) in [7, 11) is 1.64. The number of carbonyl (C=O) groups excluding carboxylic acids is 1. The van der Waals surface area contributed by atoms with Gasteiger partial charge in [-0.05, 0) is 18.8 Å². The number of carbonyl (C=O) groups is 1. The Morgan fingerprint density at radius 2 is 2.18 bits per heavy atom. The minimum atomic E-state index is -0.301. The molecule has 5 nitrogen and oxygen atoms in total. The van der Waals surface area contributed by atoms with Crippen LogP contribution in [0.25, 0.3) is 0 Å². The second-order valence-electron chi connectivity index (χ2n) is 6.29. The highest BCUT2D eigenvalue weighted by molar-refractivity contribution is 7.07. The lowest BCUT2D eigenvalue weighted by Gasteiger charge is -2.26. The molecule has 0 saturated carbocycles. The Bertz CT molecular complexity index is 450. The Balaban J connectivity index is 1.87. The highest BCUT2D eigenvalue weighted by Crippen LogP contribution is 2.14. The van der Waals surface area contributed by atoms with Crippen molar-refractivity contribution >= 4 is 17.2 Å². The van der Waals surface area contributed by atoms with E-state index in [1.807, 2.05) is 10.4 Å². The van der Waals surface area contributed by atoms with Gasteiger partial charge in [0.05, 0.1) is 11.2 Å². The van der Waals surface area contributed by atoms with Crippen molar-refractivity contribution < 1.29 is 9.53 Å². The molecule has 0 radical (unpaired) electrons. The fourth-order valence-electron chi connectivity index (χ4n) is 2.82. The molecule has 6 heteroatoms. The number of amides is 1. The molecule has 2 rings (SSSR count). The minimum Gasteiger partial charge on any atom is -0.372 e.